The molecular weight excluding hydrogens is 482 g/mol. The molecule has 0 bridgehead atoms. The highest BCUT2D eigenvalue weighted by molar-refractivity contribution is 7.92. The van der Waals surface area contributed by atoms with Gasteiger partial charge in [-0.3, -0.25) is 9.10 Å². The van der Waals surface area contributed by atoms with Gasteiger partial charge in [0.25, 0.3) is 0 Å². The van der Waals surface area contributed by atoms with Gasteiger partial charge in [0.2, 0.25) is 26.0 Å². The molecule has 1 atom stereocenters. The molecule has 0 fully saturated rings. The van der Waals surface area contributed by atoms with Crippen LogP contribution in [0.25, 0.3) is 0 Å². The van der Waals surface area contributed by atoms with Gasteiger partial charge in [-0.25, -0.2) is 21.1 Å². The molecule has 1 unspecified atom stereocenters. The Morgan fingerprint density at radius 2 is 1.53 bits per heavy atom. The molecular formula is C22H31N3O7S2. The number of nitrogens with zero attached hydrogens (tertiary/aromatic N) is 2. The second-order valence-corrected chi connectivity index (χ2v) is 11.6. The van der Waals surface area contributed by atoms with Crippen LogP contribution in [0.5, 0.6) is 11.5 Å². The van der Waals surface area contributed by atoms with E-state index in [1.54, 1.807) is 31.2 Å². The molecule has 0 aliphatic heterocycles. The largest absolute Gasteiger partial charge is 0.497 e. The van der Waals surface area contributed by atoms with Crippen LogP contribution in [0.4, 0.5) is 5.69 Å². The number of hydrogen-bond donors (Lipinski definition) is 1. The van der Waals surface area contributed by atoms with Crippen molar-refractivity contribution >= 4 is 31.6 Å². The average molecular weight is 514 g/mol. The Morgan fingerprint density at radius 1 is 0.971 bits per heavy atom. The van der Waals surface area contributed by atoms with E-state index in [2.05, 4.69) is 5.32 Å². The third kappa shape index (κ3) is 6.84. The van der Waals surface area contributed by atoms with Gasteiger partial charge < -0.3 is 14.8 Å². The Balaban J connectivity index is 2.01. The number of carbonyl (C=O) groups is 1. The second kappa shape index (κ2) is 11.5. The molecule has 0 saturated heterocycles. The minimum Gasteiger partial charge on any atom is -0.497 e. The van der Waals surface area contributed by atoms with E-state index in [9.17, 15) is 21.6 Å². The third-order valence-electron chi connectivity index (χ3n) is 4.93. The summed E-state index contributed by atoms with van der Waals surface area (Å²) in [6.45, 7) is 1.97. The standard InChI is InChI=1S/C22H31N3O7S2/c1-6-21(25(33(5,27)28)17-7-9-18(31-4)10-8-17)22(26)23-15-16-32-19-11-13-20(14-12-19)34(29,30)24(2)3/h7-14,21H,6,15-16H2,1-5H3,(H,23,26). The number of sulfonamides is 2. The zero-order chi connectivity index (χ0) is 25.5. The Hall–Kier alpha value is -2.83. The highest BCUT2D eigenvalue weighted by Gasteiger charge is 2.31. The molecule has 10 nitrogen and oxygen atoms in total. The first-order valence-electron chi connectivity index (χ1n) is 10.5. The molecule has 12 heteroatoms. The number of benzene rings is 2. The fraction of sp³-hybridized carbons (Fsp3) is 0.409. The molecule has 0 aliphatic carbocycles. The maximum Gasteiger partial charge on any atom is 0.244 e. The van der Waals surface area contributed by atoms with Crippen LogP contribution in [0.2, 0.25) is 0 Å². The lowest BCUT2D eigenvalue weighted by Crippen LogP contribution is -2.50. The van der Waals surface area contributed by atoms with Gasteiger partial charge in [-0.1, -0.05) is 6.92 Å². The summed E-state index contributed by atoms with van der Waals surface area (Å²) in [5, 5.41) is 2.70. The van der Waals surface area contributed by atoms with Crippen molar-refractivity contribution in [3.63, 3.8) is 0 Å². The van der Waals surface area contributed by atoms with E-state index in [0.717, 1.165) is 14.9 Å². The summed E-state index contributed by atoms with van der Waals surface area (Å²) in [5.41, 5.74) is 0.356. The van der Waals surface area contributed by atoms with Crippen molar-refractivity contribution in [2.45, 2.75) is 24.3 Å². The number of carbonyl (C=O) groups excluding carboxylic acids is 1. The molecule has 1 N–H and O–H groups in total. The molecule has 0 saturated carbocycles. The van der Waals surface area contributed by atoms with Gasteiger partial charge in [0.05, 0.1) is 30.5 Å². The van der Waals surface area contributed by atoms with Crippen molar-refractivity contribution < 1.29 is 31.1 Å². The minimum atomic E-state index is -3.74. The lowest BCUT2D eigenvalue weighted by molar-refractivity contribution is -0.122. The van der Waals surface area contributed by atoms with Gasteiger partial charge in [-0.2, -0.15) is 0 Å². The molecule has 2 rings (SSSR count). The Bertz CT molecular complexity index is 1160. The SMILES string of the molecule is CCC(C(=O)NCCOc1ccc(S(=O)(=O)N(C)C)cc1)N(c1ccc(OC)cc1)S(C)(=O)=O. The van der Waals surface area contributed by atoms with Crippen molar-refractivity contribution in [1.82, 2.24) is 9.62 Å². The highest BCUT2D eigenvalue weighted by Crippen LogP contribution is 2.25. The van der Waals surface area contributed by atoms with Crippen LogP contribution < -0.4 is 19.1 Å². The average Bonchev–Trinajstić information content (AvgIpc) is 2.79. The van der Waals surface area contributed by atoms with Crippen LogP contribution in [0, 0.1) is 0 Å². The molecule has 0 heterocycles. The topological polar surface area (TPSA) is 122 Å². The number of anilines is 1. The monoisotopic (exact) mass is 513 g/mol. The van der Waals surface area contributed by atoms with Gasteiger partial charge in [-0.15, -0.1) is 0 Å². The van der Waals surface area contributed by atoms with Gasteiger partial charge in [-0.05, 0) is 55.0 Å². The lowest BCUT2D eigenvalue weighted by Gasteiger charge is -2.30. The van der Waals surface area contributed by atoms with E-state index in [1.165, 1.54) is 45.5 Å². The van der Waals surface area contributed by atoms with Crippen molar-refractivity contribution in [3.05, 3.63) is 48.5 Å². The van der Waals surface area contributed by atoms with Crippen LogP contribution in [0.1, 0.15) is 13.3 Å². The smallest absolute Gasteiger partial charge is 0.244 e. The first-order valence-corrected chi connectivity index (χ1v) is 13.8. The lowest BCUT2D eigenvalue weighted by atomic mass is 10.2. The van der Waals surface area contributed by atoms with Crippen LogP contribution in [0.3, 0.4) is 0 Å². The molecule has 0 aliphatic rings. The van der Waals surface area contributed by atoms with E-state index in [4.69, 9.17) is 9.47 Å². The van der Waals surface area contributed by atoms with E-state index in [0.29, 0.717) is 17.2 Å². The number of hydrogen-bond acceptors (Lipinski definition) is 7. The zero-order valence-corrected chi connectivity index (χ0v) is 21.5. The predicted octanol–water partition coefficient (Wildman–Crippen LogP) is 1.69. The molecule has 0 aromatic heterocycles. The van der Waals surface area contributed by atoms with Crippen LogP contribution in [-0.2, 0) is 24.8 Å². The summed E-state index contributed by atoms with van der Waals surface area (Å²) >= 11 is 0. The fourth-order valence-corrected chi connectivity index (χ4v) is 5.28. The summed E-state index contributed by atoms with van der Waals surface area (Å²) < 4.78 is 62.1. The first kappa shape index (κ1) is 27.4. The van der Waals surface area contributed by atoms with Gasteiger partial charge in [0, 0.05) is 14.1 Å². The minimum absolute atomic E-state index is 0.114. The Morgan fingerprint density at radius 3 is 2.00 bits per heavy atom. The third-order valence-corrected chi connectivity index (χ3v) is 7.94. The first-order chi connectivity index (χ1) is 15.9. The summed E-state index contributed by atoms with van der Waals surface area (Å²) in [5.74, 6) is 0.550. The van der Waals surface area contributed by atoms with Gasteiger partial charge >= 0.3 is 0 Å². The summed E-state index contributed by atoms with van der Waals surface area (Å²) in [6, 6.07) is 11.4. The normalized spacial score (nSPS) is 12.8. The number of amides is 1. The van der Waals surface area contributed by atoms with Crippen LogP contribution in [0.15, 0.2) is 53.4 Å². The summed E-state index contributed by atoms with van der Waals surface area (Å²) in [6.07, 6.45) is 1.31. The summed E-state index contributed by atoms with van der Waals surface area (Å²) in [7, 11) is -2.86. The molecule has 0 radical (unpaired) electrons. The van der Waals surface area contributed by atoms with E-state index < -0.39 is 32.0 Å². The number of methoxy groups -OCH3 is 1. The highest BCUT2D eigenvalue weighted by atomic mass is 32.2. The zero-order valence-electron chi connectivity index (χ0n) is 19.9. The molecule has 1 amide bonds. The predicted molar refractivity (Wildman–Crippen MR) is 130 cm³/mol. The van der Waals surface area contributed by atoms with E-state index >= 15 is 0 Å². The van der Waals surface area contributed by atoms with Gasteiger partial charge in [0.15, 0.2) is 0 Å². The number of rotatable bonds is 12. The van der Waals surface area contributed by atoms with Crippen molar-refractivity contribution in [2.24, 2.45) is 0 Å². The number of nitrogens with one attached hydrogen (secondary N) is 1. The van der Waals surface area contributed by atoms with E-state index in [-0.39, 0.29) is 24.5 Å². The van der Waals surface area contributed by atoms with Crippen molar-refractivity contribution in [1.29, 1.82) is 0 Å². The maximum absolute atomic E-state index is 12.8. The molecule has 2 aromatic rings. The molecule has 188 valence electrons. The quantitative estimate of drug-likeness (QED) is 0.429. The molecule has 34 heavy (non-hydrogen) atoms. The van der Waals surface area contributed by atoms with Gasteiger partial charge in [0.1, 0.15) is 24.1 Å². The molecule has 2 aromatic carbocycles. The number of ether oxygens (including phenoxy) is 2. The Labute approximate surface area is 201 Å². The van der Waals surface area contributed by atoms with Crippen molar-refractivity contribution in [2.75, 3.05) is 44.9 Å². The summed E-state index contributed by atoms with van der Waals surface area (Å²) in [4.78, 5) is 13.0. The van der Waals surface area contributed by atoms with Crippen LogP contribution in [-0.4, -0.2) is 73.7 Å². The Kier molecular flexibility index (Phi) is 9.30. The van der Waals surface area contributed by atoms with E-state index in [1.807, 2.05) is 0 Å². The second-order valence-electron chi connectivity index (χ2n) is 7.58. The maximum atomic E-state index is 12.8. The fourth-order valence-electron chi connectivity index (χ4n) is 3.17. The van der Waals surface area contributed by atoms with Crippen molar-refractivity contribution in [3.8, 4) is 11.5 Å². The molecule has 0 spiro atoms. The van der Waals surface area contributed by atoms with Crippen LogP contribution >= 0.6 is 0 Å².